The molecule has 0 radical (unpaired) electrons. The maximum atomic E-state index is 14.0. The monoisotopic (exact) mass is 391 g/mol. The molecule has 0 aliphatic heterocycles. The van der Waals surface area contributed by atoms with E-state index in [9.17, 15) is 4.39 Å². The van der Waals surface area contributed by atoms with Gasteiger partial charge >= 0.3 is 0 Å². The van der Waals surface area contributed by atoms with Gasteiger partial charge in [0.05, 0.1) is 0 Å². The van der Waals surface area contributed by atoms with Crippen LogP contribution in [0.5, 0.6) is 0 Å². The summed E-state index contributed by atoms with van der Waals surface area (Å²) in [6, 6.07) is 13.9. The largest absolute Gasteiger partial charge is 0.358 e. The number of halogens is 1. The second-order valence-corrected chi connectivity index (χ2v) is 9.05. The minimum Gasteiger partial charge on any atom is -0.358 e. The lowest BCUT2D eigenvalue weighted by atomic mass is 9.71. The highest BCUT2D eigenvalue weighted by atomic mass is 19.1. The van der Waals surface area contributed by atoms with Gasteiger partial charge in [0.1, 0.15) is 5.82 Å². The smallest absolute Gasteiger partial charge is 0.123 e. The molecule has 0 amide bonds. The Balaban J connectivity index is 1.49. The van der Waals surface area contributed by atoms with Crippen molar-refractivity contribution in [3.05, 3.63) is 70.7 Å². The summed E-state index contributed by atoms with van der Waals surface area (Å²) in [5, 5.41) is 4.62. The van der Waals surface area contributed by atoms with E-state index in [0.29, 0.717) is 0 Å². The molecule has 0 bridgehead atoms. The summed E-state index contributed by atoms with van der Waals surface area (Å²) >= 11 is 0. The van der Waals surface area contributed by atoms with E-state index in [1.54, 1.807) is 6.07 Å². The Hall–Kier alpha value is -2.17. The van der Waals surface area contributed by atoms with Crippen LogP contribution in [0.2, 0.25) is 0 Å². The van der Waals surface area contributed by atoms with Gasteiger partial charge in [-0.15, -0.1) is 0 Å². The number of nitrogens with two attached hydrogens (primary N) is 1. The molecule has 3 aromatic rings. The minimum atomic E-state index is -0.181. The van der Waals surface area contributed by atoms with Gasteiger partial charge in [-0.1, -0.05) is 29.8 Å². The van der Waals surface area contributed by atoms with Crippen LogP contribution >= 0.6 is 0 Å². The van der Waals surface area contributed by atoms with E-state index in [0.717, 1.165) is 42.8 Å². The SMILES string of the molecule is Cc1ccc([C@H]2Cc3[nH]c4ccc(F)cc4c3[C@@H](CCNCC3CC3)[C@@H]2N)cc1. The highest BCUT2D eigenvalue weighted by molar-refractivity contribution is 5.86. The summed E-state index contributed by atoms with van der Waals surface area (Å²) in [6.45, 7) is 4.18. The Morgan fingerprint density at radius 2 is 1.93 bits per heavy atom. The van der Waals surface area contributed by atoms with Gasteiger partial charge in [0.25, 0.3) is 0 Å². The van der Waals surface area contributed by atoms with Gasteiger partial charge in [0.2, 0.25) is 0 Å². The van der Waals surface area contributed by atoms with Gasteiger partial charge in [-0.3, -0.25) is 0 Å². The number of hydrogen-bond acceptors (Lipinski definition) is 2. The maximum absolute atomic E-state index is 14.0. The average Bonchev–Trinajstić information content (AvgIpc) is 3.47. The normalized spacial score (nSPS) is 24.0. The lowest BCUT2D eigenvalue weighted by Gasteiger charge is -2.37. The third kappa shape index (κ3) is 3.72. The highest BCUT2D eigenvalue weighted by Crippen LogP contribution is 2.44. The first-order chi connectivity index (χ1) is 14.1. The molecule has 152 valence electrons. The quantitative estimate of drug-likeness (QED) is 0.531. The molecule has 2 aliphatic rings. The Morgan fingerprint density at radius 3 is 2.69 bits per heavy atom. The summed E-state index contributed by atoms with van der Waals surface area (Å²) in [5.74, 6) is 1.17. The fourth-order valence-corrected chi connectivity index (χ4v) is 5.03. The molecular formula is C25H30FN3. The number of benzene rings is 2. The predicted molar refractivity (Wildman–Crippen MR) is 117 cm³/mol. The number of aromatic amines is 1. The van der Waals surface area contributed by atoms with Crippen molar-refractivity contribution in [2.45, 2.75) is 50.5 Å². The van der Waals surface area contributed by atoms with Crippen molar-refractivity contribution in [1.82, 2.24) is 10.3 Å². The third-order valence-electron chi connectivity index (χ3n) is 6.87. The van der Waals surface area contributed by atoms with Crippen molar-refractivity contribution >= 4 is 10.9 Å². The first-order valence-electron chi connectivity index (χ1n) is 10.9. The zero-order valence-corrected chi connectivity index (χ0v) is 17.0. The molecular weight excluding hydrogens is 361 g/mol. The molecule has 1 fully saturated rings. The van der Waals surface area contributed by atoms with E-state index >= 15 is 0 Å². The van der Waals surface area contributed by atoms with Crippen LogP contribution in [0.25, 0.3) is 10.9 Å². The number of aryl methyl sites for hydroxylation is 1. The van der Waals surface area contributed by atoms with Gasteiger partial charge in [0, 0.05) is 34.5 Å². The Labute approximate surface area is 171 Å². The first kappa shape index (κ1) is 18.8. The molecule has 29 heavy (non-hydrogen) atoms. The minimum absolute atomic E-state index is 0.0233. The maximum Gasteiger partial charge on any atom is 0.123 e. The van der Waals surface area contributed by atoms with Crippen LogP contribution in [-0.4, -0.2) is 24.1 Å². The number of rotatable bonds is 6. The van der Waals surface area contributed by atoms with E-state index in [-0.39, 0.29) is 23.7 Å². The molecule has 3 nitrogen and oxygen atoms in total. The Morgan fingerprint density at radius 1 is 1.14 bits per heavy atom. The van der Waals surface area contributed by atoms with E-state index < -0.39 is 0 Å². The standard InChI is InChI=1S/C25H30FN3/c1-15-2-6-17(7-3-15)20-13-23-24(21-12-18(26)8-9-22(21)29-23)19(25(20)27)10-11-28-14-16-4-5-16/h2-3,6-9,12,16,19-20,25,28-29H,4-5,10-11,13-14,27H2,1H3/t19-,20-,25+/m1/s1. The molecule has 2 aliphatic carbocycles. The van der Waals surface area contributed by atoms with E-state index in [2.05, 4.69) is 41.5 Å². The number of fused-ring (bicyclic) bond motifs is 3. The van der Waals surface area contributed by atoms with Crippen molar-refractivity contribution in [3.8, 4) is 0 Å². The molecule has 1 heterocycles. The lowest BCUT2D eigenvalue weighted by molar-refractivity contribution is 0.391. The van der Waals surface area contributed by atoms with Crippen LogP contribution in [0.1, 0.15) is 53.5 Å². The van der Waals surface area contributed by atoms with Crippen LogP contribution in [0, 0.1) is 18.7 Å². The van der Waals surface area contributed by atoms with Crippen molar-refractivity contribution in [2.24, 2.45) is 11.7 Å². The molecule has 2 aromatic carbocycles. The summed E-state index contributed by atoms with van der Waals surface area (Å²) in [6.07, 6.45) is 4.57. The molecule has 0 spiro atoms. The van der Waals surface area contributed by atoms with Gasteiger partial charge in [-0.2, -0.15) is 0 Å². The van der Waals surface area contributed by atoms with Crippen LogP contribution < -0.4 is 11.1 Å². The molecule has 1 saturated carbocycles. The Kier molecular flexibility index (Phi) is 4.92. The molecule has 1 aromatic heterocycles. The zero-order chi connectivity index (χ0) is 20.0. The molecule has 4 N–H and O–H groups in total. The number of H-pyrrole nitrogens is 1. The topological polar surface area (TPSA) is 53.8 Å². The third-order valence-corrected chi connectivity index (χ3v) is 6.87. The first-order valence-corrected chi connectivity index (χ1v) is 10.9. The lowest BCUT2D eigenvalue weighted by Crippen LogP contribution is -2.41. The van der Waals surface area contributed by atoms with E-state index in [1.807, 2.05) is 6.07 Å². The molecule has 5 rings (SSSR count). The molecule has 4 heteroatoms. The van der Waals surface area contributed by atoms with Crippen LogP contribution in [-0.2, 0) is 6.42 Å². The fourth-order valence-electron chi connectivity index (χ4n) is 5.03. The molecule has 0 unspecified atom stereocenters. The average molecular weight is 392 g/mol. The van der Waals surface area contributed by atoms with E-state index in [4.69, 9.17) is 5.73 Å². The van der Waals surface area contributed by atoms with E-state index in [1.165, 1.54) is 41.3 Å². The van der Waals surface area contributed by atoms with Crippen LogP contribution in [0.3, 0.4) is 0 Å². The van der Waals surface area contributed by atoms with Gasteiger partial charge in [-0.05, 0) is 80.9 Å². The van der Waals surface area contributed by atoms with Crippen molar-refractivity contribution < 1.29 is 4.39 Å². The summed E-state index contributed by atoms with van der Waals surface area (Å²) in [7, 11) is 0. The number of hydrogen-bond donors (Lipinski definition) is 3. The van der Waals surface area contributed by atoms with Crippen molar-refractivity contribution in [1.29, 1.82) is 0 Å². The predicted octanol–water partition coefficient (Wildman–Crippen LogP) is 4.76. The number of nitrogens with one attached hydrogen (secondary N) is 2. The van der Waals surface area contributed by atoms with Crippen molar-refractivity contribution in [3.63, 3.8) is 0 Å². The number of aromatic nitrogens is 1. The Bertz CT molecular complexity index is 1000. The van der Waals surface area contributed by atoms with Gasteiger partial charge in [-0.25, -0.2) is 4.39 Å². The summed E-state index contributed by atoms with van der Waals surface area (Å²) < 4.78 is 14.0. The van der Waals surface area contributed by atoms with Crippen LogP contribution in [0.4, 0.5) is 4.39 Å². The fraction of sp³-hybridized carbons (Fsp3) is 0.440. The highest BCUT2D eigenvalue weighted by Gasteiger charge is 2.37. The summed E-state index contributed by atoms with van der Waals surface area (Å²) in [4.78, 5) is 3.58. The van der Waals surface area contributed by atoms with Crippen LogP contribution in [0.15, 0.2) is 42.5 Å². The summed E-state index contributed by atoms with van der Waals surface area (Å²) in [5.41, 5.74) is 13.0. The second kappa shape index (κ2) is 7.58. The van der Waals surface area contributed by atoms with Crippen molar-refractivity contribution in [2.75, 3.05) is 13.1 Å². The van der Waals surface area contributed by atoms with Gasteiger partial charge in [0.15, 0.2) is 0 Å². The zero-order valence-electron chi connectivity index (χ0n) is 17.0. The molecule has 0 saturated heterocycles. The second-order valence-electron chi connectivity index (χ2n) is 9.05. The van der Waals surface area contributed by atoms with Gasteiger partial charge < -0.3 is 16.0 Å². The molecule has 3 atom stereocenters.